The lowest BCUT2D eigenvalue weighted by Gasteiger charge is -2.31. The highest BCUT2D eigenvalue weighted by Gasteiger charge is 2.26. The number of hydrogen-bond donors (Lipinski definition) is 2. The van der Waals surface area contributed by atoms with E-state index in [0.717, 1.165) is 32.2 Å². The zero-order valence-corrected chi connectivity index (χ0v) is 13.8. The third-order valence-electron chi connectivity index (χ3n) is 3.62. The molecule has 1 amide bonds. The number of rotatable bonds is 6. The Balaban J connectivity index is 2.27. The normalized spacial score (nSPS) is 25.2. The molecule has 1 fully saturated rings. The number of ether oxygens (including phenoxy) is 1. The van der Waals surface area contributed by atoms with Gasteiger partial charge in [-0.25, -0.2) is 0 Å². The highest BCUT2D eigenvalue weighted by Crippen LogP contribution is 2.22. The molecule has 1 rings (SSSR count). The number of carbonyl (C=O) groups is 1. The van der Waals surface area contributed by atoms with Crippen molar-refractivity contribution in [2.24, 2.45) is 0 Å². The molecule has 0 aliphatic heterocycles. The maximum Gasteiger partial charge on any atom is 0.249 e. The van der Waals surface area contributed by atoms with Crippen LogP contribution in [-0.4, -0.2) is 36.2 Å². The van der Waals surface area contributed by atoms with Crippen LogP contribution >= 0.6 is 0 Å². The second kappa shape index (κ2) is 7.99. The molecule has 0 aromatic rings. The molecule has 1 saturated carbocycles. The van der Waals surface area contributed by atoms with Crippen LogP contribution in [-0.2, 0) is 9.53 Å². The molecule has 0 spiro atoms. The first-order chi connectivity index (χ1) is 9.31. The Kier molecular flexibility index (Phi) is 6.96. The van der Waals surface area contributed by atoms with Crippen molar-refractivity contribution in [2.75, 3.05) is 6.54 Å². The highest BCUT2D eigenvalue weighted by molar-refractivity contribution is 5.81. The number of hydrogen-bond acceptors (Lipinski definition) is 3. The molecule has 0 bridgehead atoms. The largest absolute Gasteiger partial charge is 0.365 e. The molecule has 2 N–H and O–H groups in total. The van der Waals surface area contributed by atoms with E-state index in [4.69, 9.17) is 4.74 Å². The minimum absolute atomic E-state index is 0.0104. The van der Waals surface area contributed by atoms with Gasteiger partial charge in [-0.15, -0.1) is 0 Å². The molecule has 0 heterocycles. The van der Waals surface area contributed by atoms with Crippen molar-refractivity contribution in [1.82, 2.24) is 10.6 Å². The summed E-state index contributed by atoms with van der Waals surface area (Å²) in [6.45, 7) is 11.1. The molecule has 1 atom stereocenters. The van der Waals surface area contributed by atoms with Gasteiger partial charge in [0, 0.05) is 11.6 Å². The zero-order valence-electron chi connectivity index (χ0n) is 13.8. The minimum Gasteiger partial charge on any atom is -0.365 e. The summed E-state index contributed by atoms with van der Waals surface area (Å²) in [5, 5.41) is 6.53. The van der Waals surface area contributed by atoms with E-state index in [0.29, 0.717) is 6.04 Å². The van der Waals surface area contributed by atoms with E-state index in [-0.39, 0.29) is 23.7 Å². The van der Waals surface area contributed by atoms with E-state index in [1.807, 2.05) is 27.7 Å². The van der Waals surface area contributed by atoms with Crippen molar-refractivity contribution in [1.29, 1.82) is 0 Å². The predicted octanol–water partition coefficient (Wildman–Crippen LogP) is 2.62. The topological polar surface area (TPSA) is 50.4 Å². The quantitative estimate of drug-likeness (QED) is 0.788. The van der Waals surface area contributed by atoms with Gasteiger partial charge in [-0.2, -0.15) is 0 Å². The molecule has 20 heavy (non-hydrogen) atoms. The molecule has 1 aliphatic carbocycles. The van der Waals surface area contributed by atoms with E-state index in [1.54, 1.807) is 0 Å². The van der Waals surface area contributed by atoms with Crippen molar-refractivity contribution in [3.05, 3.63) is 0 Å². The Morgan fingerprint density at radius 2 is 1.85 bits per heavy atom. The van der Waals surface area contributed by atoms with E-state index >= 15 is 0 Å². The lowest BCUT2D eigenvalue weighted by molar-refractivity contribution is -0.138. The predicted molar refractivity (Wildman–Crippen MR) is 82.8 cm³/mol. The maximum absolute atomic E-state index is 12.0. The molecular formula is C16H32N2O2. The third kappa shape index (κ3) is 6.71. The Morgan fingerprint density at radius 3 is 2.35 bits per heavy atom. The van der Waals surface area contributed by atoms with Crippen LogP contribution in [0.1, 0.15) is 66.7 Å². The van der Waals surface area contributed by atoms with Crippen molar-refractivity contribution in [3.8, 4) is 0 Å². The van der Waals surface area contributed by atoms with Crippen LogP contribution in [0.3, 0.4) is 0 Å². The Labute approximate surface area is 124 Å². The van der Waals surface area contributed by atoms with Crippen LogP contribution in [0.4, 0.5) is 0 Å². The first kappa shape index (κ1) is 17.4. The van der Waals surface area contributed by atoms with Crippen LogP contribution in [0, 0.1) is 0 Å². The van der Waals surface area contributed by atoms with Crippen molar-refractivity contribution < 1.29 is 9.53 Å². The summed E-state index contributed by atoms with van der Waals surface area (Å²) >= 11 is 0. The van der Waals surface area contributed by atoms with E-state index < -0.39 is 0 Å². The third-order valence-corrected chi connectivity index (χ3v) is 3.62. The zero-order chi connectivity index (χ0) is 15.2. The fourth-order valence-electron chi connectivity index (χ4n) is 2.57. The number of amides is 1. The summed E-state index contributed by atoms with van der Waals surface area (Å²) < 4.78 is 5.91. The molecule has 1 aliphatic rings. The lowest BCUT2D eigenvalue weighted by Crippen LogP contribution is -2.47. The lowest BCUT2D eigenvalue weighted by atomic mass is 9.92. The Bertz CT molecular complexity index is 291. The van der Waals surface area contributed by atoms with Gasteiger partial charge < -0.3 is 15.4 Å². The average molecular weight is 284 g/mol. The minimum atomic E-state index is -0.362. The van der Waals surface area contributed by atoms with Crippen molar-refractivity contribution >= 4 is 5.91 Å². The second-order valence-corrected chi connectivity index (χ2v) is 6.95. The van der Waals surface area contributed by atoms with Gasteiger partial charge in [0.25, 0.3) is 0 Å². The molecule has 0 saturated heterocycles. The highest BCUT2D eigenvalue weighted by atomic mass is 16.5. The first-order valence-electron chi connectivity index (χ1n) is 8.02. The summed E-state index contributed by atoms with van der Waals surface area (Å²) in [5.41, 5.74) is -0.198. The van der Waals surface area contributed by atoms with Gasteiger partial charge in [0.2, 0.25) is 5.91 Å². The molecular weight excluding hydrogens is 252 g/mol. The van der Waals surface area contributed by atoms with Gasteiger partial charge in [-0.1, -0.05) is 6.92 Å². The molecule has 4 nitrogen and oxygen atoms in total. The van der Waals surface area contributed by atoms with Gasteiger partial charge in [0.15, 0.2) is 0 Å². The second-order valence-electron chi connectivity index (χ2n) is 6.95. The van der Waals surface area contributed by atoms with Crippen LogP contribution in [0.25, 0.3) is 0 Å². The monoisotopic (exact) mass is 284 g/mol. The molecule has 0 radical (unpaired) electrons. The van der Waals surface area contributed by atoms with E-state index in [9.17, 15) is 4.79 Å². The summed E-state index contributed by atoms with van der Waals surface area (Å²) in [4.78, 5) is 12.0. The summed E-state index contributed by atoms with van der Waals surface area (Å²) in [7, 11) is 0. The SMILES string of the molecule is CCCNC1CCC(OC(C)C(=O)NC(C)(C)C)CC1. The first-order valence-corrected chi connectivity index (χ1v) is 8.02. The number of carbonyl (C=O) groups excluding carboxylic acids is 1. The smallest absolute Gasteiger partial charge is 0.249 e. The maximum atomic E-state index is 12.0. The Morgan fingerprint density at radius 1 is 1.25 bits per heavy atom. The molecule has 0 aromatic carbocycles. The standard InChI is InChI=1S/C16H32N2O2/c1-6-11-17-13-7-9-14(10-8-13)20-12(2)15(19)18-16(3,4)5/h12-14,17H,6-11H2,1-5H3,(H,18,19). The molecule has 4 heteroatoms. The van der Waals surface area contributed by atoms with Gasteiger partial charge >= 0.3 is 0 Å². The van der Waals surface area contributed by atoms with Gasteiger partial charge in [-0.05, 0) is 66.3 Å². The summed E-state index contributed by atoms with van der Waals surface area (Å²) in [6.07, 6.45) is 5.45. The molecule has 0 aromatic heterocycles. The fraction of sp³-hybridized carbons (Fsp3) is 0.938. The fourth-order valence-corrected chi connectivity index (χ4v) is 2.57. The van der Waals surface area contributed by atoms with Crippen molar-refractivity contribution in [3.63, 3.8) is 0 Å². The summed E-state index contributed by atoms with van der Waals surface area (Å²) in [6, 6.07) is 0.633. The molecule has 118 valence electrons. The average Bonchev–Trinajstić information content (AvgIpc) is 2.36. The van der Waals surface area contributed by atoms with Crippen LogP contribution in [0.2, 0.25) is 0 Å². The summed E-state index contributed by atoms with van der Waals surface area (Å²) in [5.74, 6) is -0.0104. The van der Waals surface area contributed by atoms with Crippen molar-refractivity contribution in [2.45, 2.75) is 90.5 Å². The van der Waals surface area contributed by atoms with Crippen LogP contribution in [0.15, 0.2) is 0 Å². The Hall–Kier alpha value is -0.610. The van der Waals surface area contributed by atoms with Crippen LogP contribution in [0.5, 0.6) is 0 Å². The van der Waals surface area contributed by atoms with E-state index in [2.05, 4.69) is 17.6 Å². The van der Waals surface area contributed by atoms with Gasteiger partial charge in [-0.3, -0.25) is 4.79 Å². The molecule has 1 unspecified atom stereocenters. The van der Waals surface area contributed by atoms with Gasteiger partial charge in [0.05, 0.1) is 6.10 Å². The number of nitrogens with one attached hydrogen (secondary N) is 2. The van der Waals surface area contributed by atoms with E-state index in [1.165, 1.54) is 6.42 Å². The van der Waals surface area contributed by atoms with Crippen LogP contribution < -0.4 is 10.6 Å². The van der Waals surface area contributed by atoms with Gasteiger partial charge in [0.1, 0.15) is 6.10 Å².